The van der Waals surface area contributed by atoms with Crippen LogP contribution >= 0.6 is 0 Å². The van der Waals surface area contributed by atoms with E-state index >= 15 is 0 Å². The van der Waals surface area contributed by atoms with E-state index in [0.717, 1.165) is 24.1 Å². The second kappa shape index (κ2) is 4.80. The Labute approximate surface area is 106 Å². The minimum Gasteiger partial charge on any atom is -0.481 e. The number of benzene rings is 1. The highest BCUT2D eigenvalue weighted by atomic mass is 16.4. The van der Waals surface area contributed by atoms with E-state index in [2.05, 4.69) is 5.32 Å². The molecule has 1 aliphatic rings. The number of amides is 1. The van der Waals surface area contributed by atoms with Crippen LogP contribution in [-0.2, 0) is 9.59 Å². The third kappa shape index (κ3) is 3.32. The molecule has 0 saturated heterocycles. The van der Waals surface area contributed by atoms with Crippen molar-refractivity contribution in [1.82, 2.24) is 0 Å². The van der Waals surface area contributed by atoms with Crippen molar-refractivity contribution in [3.63, 3.8) is 0 Å². The van der Waals surface area contributed by atoms with Gasteiger partial charge in [-0.15, -0.1) is 0 Å². The lowest BCUT2D eigenvalue weighted by atomic mass is 9.98. The first-order valence-corrected chi connectivity index (χ1v) is 6.07. The molecular formula is C14H17NO3. The zero-order valence-corrected chi connectivity index (χ0v) is 10.4. The molecule has 1 saturated carbocycles. The topological polar surface area (TPSA) is 66.4 Å². The molecule has 0 radical (unpaired) electrons. The van der Waals surface area contributed by atoms with Crippen LogP contribution in [0.1, 0.15) is 31.2 Å². The molecule has 2 rings (SSSR count). The molecule has 1 aromatic carbocycles. The lowest BCUT2D eigenvalue weighted by Gasteiger charge is -2.12. The number of anilines is 1. The van der Waals surface area contributed by atoms with Gasteiger partial charge in [-0.05, 0) is 37.3 Å². The van der Waals surface area contributed by atoms with Crippen LogP contribution < -0.4 is 5.32 Å². The molecule has 1 fully saturated rings. The number of carbonyl (C=O) groups is 2. The van der Waals surface area contributed by atoms with Crippen LogP contribution in [0.3, 0.4) is 0 Å². The second-order valence-corrected chi connectivity index (χ2v) is 5.16. The van der Waals surface area contributed by atoms with Gasteiger partial charge in [0, 0.05) is 12.1 Å². The number of hydrogen-bond donors (Lipinski definition) is 2. The monoisotopic (exact) mass is 247 g/mol. The third-order valence-corrected chi connectivity index (χ3v) is 3.35. The zero-order valence-electron chi connectivity index (χ0n) is 10.4. The molecule has 0 spiro atoms. The molecule has 1 aliphatic carbocycles. The van der Waals surface area contributed by atoms with Crippen molar-refractivity contribution >= 4 is 17.6 Å². The summed E-state index contributed by atoms with van der Waals surface area (Å²) in [4.78, 5) is 22.5. The summed E-state index contributed by atoms with van der Waals surface area (Å²) in [5.74, 6) is -0.923. The number of nitrogens with one attached hydrogen (secondary N) is 1. The normalized spacial score (nSPS) is 16.1. The fourth-order valence-corrected chi connectivity index (χ4v) is 2.10. The Morgan fingerprint density at radius 1 is 1.22 bits per heavy atom. The molecule has 0 aromatic heterocycles. The van der Waals surface area contributed by atoms with E-state index in [1.807, 2.05) is 31.2 Å². The van der Waals surface area contributed by atoms with Crippen LogP contribution in [0.5, 0.6) is 0 Å². The summed E-state index contributed by atoms with van der Waals surface area (Å²) < 4.78 is 0. The molecule has 96 valence electrons. The molecule has 0 heterocycles. The van der Waals surface area contributed by atoms with Crippen LogP contribution in [0.4, 0.5) is 5.69 Å². The van der Waals surface area contributed by atoms with Crippen molar-refractivity contribution < 1.29 is 14.7 Å². The number of hydrogen-bond acceptors (Lipinski definition) is 2. The van der Waals surface area contributed by atoms with E-state index in [1.165, 1.54) is 0 Å². The summed E-state index contributed by atoms with van der Waals surface area (Å²) in [6, 6.07) is 7.56. The fraction of sp³-hybridized carbons (Fsp3) is 0.429. The van der Waals surface area contributed by atoms with Crippen molar-refractivity contribution in [2.45, 2.75) is 32.6 Å². The molecule has 4 heteroatoms. The molecule has 0 aliphatic heterocycles. The standard InChI is InChI=1S/C14H17NO3/c1-10-2-4-11(5-3-10)15-12(16)8-14(6-7-14)9-13(17)18/h2-5H,6-9H2,1H3,(H,15,16)(H,17,18). The lowest BCUT2D eigenvalue weighted by molar-refractivity contribution is -0.138. The maximum atomic E-state index is 11.8. The molecule has 1 aromatic rings. The predicted molar refractivity (Wildman–Crippen MR) is 68.3 cm³/mol. The van der Waals surface area contributed by atoms with Gasteiger partial charge in [0.25, 0.3) is 0 Å². The van der Waals surface area contributed by atoms with Crippen molar-refractivity contribution in [3.8, 4) is 0 Å². The summed E-state index contributed by atoms with van der Waals surface area (Å²) in [5.41, 5.74) is 1.61. The highest BCUT2D eigenvalue weighted by Gasteiger charge is 2.45. The maximum absolute atomic E-state index is 11.8. The summed E-state index contributed by atoms with van der Waals surface area (Å²) in [6.07, 6.45) is 2.06. The molecule has 0 atom stereocenters. The van der Waals surface area contributed by atoms with E-state index in [9.17, 15) is 9.59 Å². The Bertz CT molecular complexity index is 460. The molecule has 1 amide bonds. The van der Waals surface area contributed by atoms with Crippen LogP contribution in [0, 0.1) is 12.3 Å². The summed E-state index contributed by atoms with van der Waals surface area (Å²) >= 11 is 0. The Hall–Kier alpha value is -1.84. The smallest absolute Gasteiger partial charge is 0.303 e. The van der Waals surface area contributed by atoms with Gasteiger partial charge in [-0.2, -0.15) is 0 Å². The van der Waals surface area contributed by atoms with E-state index in [4.69, 9.17) is 5.11 Å². The van der Waals surface area contributed by atoms with E-state index in [-0.39, 0.29) is 17.7 Å². The third-order valence-electron chi connectivity index (χ3n) is 3.35. The van der Waals surface area contributed by atoms with Gasteiger partial charge in [-0.1, -0.05) is 17.7 Å². The fourth-order valence-electron chi connectivity index (χ4n) is 2.10. The van der Waals surface area contributed by atoms with Crippen LogP contribution in [0.25, 0.3) is 0 Å². The van der Waals surface area contributed by atoms with Gasteiger partial charge in [0.1, 0.15) is 0 Å². The van der Waals surface area contributed by atoms with Crippen LogP contribution in [-0.4, -0.2) is 17.0 Å². The first kappa shape index (κ1) is 12.6. The summed E-state index contributed by atoms with van der Waals surface area (Å²) in [7, 11) is 0. The van der Waals surface area contributed by atoms with Crippen molar-refractivity contribution in [2.75, 3.05) is 5.32 Å². The Balaban J connectivity index is 1.89. The average Bonchev–Trinajstić information content (AvgIpc) is 3.00. The predicted octanol–water partition coefficient (Wildman–Crippen LogP) is 2.58. The Morgan fingerprint density at radius 2 is 1.83 bits per heavy atom. The average molecular weight is 247 g/mol. The van der Waals surface area contributed by atoms with Crippen molar-refractivity contribution in [1.29, 1.82) is 0 Å². The maximum Gasteiger partial charge on any atom is 0.303 e. The quantitative estimate of drug-likeness (QED) is 0.840. The highest BCUT2D eigenvalue weighted by molar-refractivity contribution is 5.91. The van der Waals surface area contributed by atoms with Gasteiger partial charge in [0.2, 0.25) is 5.91 Å². The van der Waals surface area contributed by atoms with E-state index in [1.54, 1.807) is 0 Å². The van der Waals surface area contributed by atoms with Crippen LogP contribution in [0.15, 0.2) is 24.3 Å². The SMILES string of the molecule is Cc1ccc(NC(=O)CC2(CC(=O)O)CC2)cc1. The zero-order chi connectivity index (χ0) is 13.2. The van der Waals surface area contributed by atoms with Gasteiger partial charge >= 0.3 is 5.97 Å². The van der Waals surface area contributed by atoms with Crippen molar-refractivity contribution in [2.24, 2.45) is 5.41 Å². The molecule has 0 bridgehead atoms. The Morgan fingerprint density at radius 3 is 2.33 bits per heavy atom. The molecule has 0 unspecified atom stereocenters. The van der Waals surface area contributed by atoms with E-state index in [0.29, 0.717) is 6.42 Å². The highest BCUT2D eigenvalue weighted by Crippen LogP contribution is 2.51. The number of carboxylic acids is 1. The van der Waals surface area contributed by atoms with E-state index < -0.39 is 5.97 Å². The second-order valence-electron chi connectivity index (χ2n) is 5.16. The van der Waals surface area contributed by atoms with Gasteiger partial charge < -0.3 is 10.4 Å². The summed E-state index contributed by atoms with van der Waals surface area (Å²) in [5, 5.41) is 11.6. The number of carbonyl (C=O) groups excluding carboxylic acids is 1. The summed E-state index contributed by atoms with van der Waals surface area (Å²) in [6.45, 7) is 1.98. The Kier molecular flexibility index (Phi) is 3.36. The first-order chi connectivity index (χ1) is 8.49. The minimum absolute atomic E-state index is 0.0916. The number of aliphatic carboxylic acids is 1. The first-order valence-electron chi connectivity index (χ1n) is 6.07. The number of rotatable bonds is 5. The number of carboxylic acid groups (broad SMARTS) is 1. The van der Waals surface area contributed by atoms with Gasteiger partial charge in [-0.25, -0.2) is 0 Å². The van der Waals surface area contributed by atoms with Gasteiger partial charge in [0.15, 0.2) is 0 Å². The minimum atomic E-state index is -0.823. The van der Waals surface area contributed by atoms with Gasteiger partial charge in [-0.3, -0.25) is 9.59 Å². The molecular weight excluding hydrogens is 230 g/mol. The number of aryl methyl sites for hydroxylation is 1. The molecule has 18 heavy (non-hydrogen) atoms. The van der Waals surface area contributed by atoms with Gasteiger partial charge in [0.05, 0.1) is 6.42 Å². The lowest BCUT2D eigenvalue weighted by Crippen LogP contribution is -2.19. The largest absolute Gasteiger partial charge is 0.481 e. The van der Waals surface area contributed by atoms with Crippen LogP contribution in [0.2, 0.25) is 0 Å². The molecule has 4 nitrogen and oxygen atoms in total. The van der Waals surface area contributed by atoms with Crippen molar-refractivity contribution in [3.05, 3.63) is 29.8 Å². The molecule has 2 N–H and O–H groups in total.